The van der Waals surface area contributed by atoms with Gasteiger partial charge in [0.15, 0.2) is 0 Å². The number of rotatable bonds is 5. The number of hydrogen-bond acceptors (Lipinski definition) is 4. The summed E-state index contributed by atoms with van der Waals surface area (Å²) in [6.45, 7) is 11.0. The van der Waals surface area contributed by atoms with E-state index in [4.69, 9.17) is 0 Å². The van der Waals surface area contributed by atoms with Crippen LogP contribution in [-0.4, -0.2) is 55.5 Å². The summed E-state index contributed by atoms with van der Waals surface area (Å²) in [5.41, 5.74) is 4.06. The third kappa shape index (κ3) is 6.30. The lowest BCUT2D eigenvalue weighted by molar-refractivity contribution is -0.125. The number of hydrogen-bond donors (Lipinski definition) is 3. The number of aryl methyl sites for hydroxylation is 3. The summed E-state index contributed by atoms with van der Waals surface area (Å²) >= 11 is 0. The molecule has 3 N–H and O–H groups in total. The monoisotopic (exact) mass is 368 g/mol. The van der Waals surface area contributed by atoms with Crippen LogP contribution in [0.4, 0.5) is 5.69 Å². The second kappa shape index (κ2) is 9.75. The van der Waals surface area contributed by atoms with E-state index in [0.29, 0.717) is 12.6 Å². The zero-order chi connectivity index (χ0) is 17.7. The van der Waals surface area contributed by atoms with Gasteiger partial charge in [-0.2, -0.15) is 0 Å². The topological polar surface area (TPSA) is 73.5 Å². The van der Waals surface area contributed by atoms with E-state index >= 15 is 0 Å². The van der Waals surface area contributed by atoms with E-state index in [2.05, 4.69) is 27.8 Å². The van der Waals surface area contributed by atoms with Crippen LogP contribution in [0.5, 0.6) is 0 Å². The molecule has 25 heavy (non-hydrogen) atoms. The van der Waals surface area contributed by atoms with Gasteiger partial charge in [-0.05, 0) is 38.8 Å². The van der Waals surface area contributed by atoms with Gasteiger partial charge in [0, 0.05) is 31.4 Å². The standard InChI is InChI=1S/C18H28N4O2.ClH/c1-12-7-13(2)18(14(3)8-12)21-16(23)10-20-17(24)11-22-6-5-19-9-15(22)4;/h7-8,15,19H,5-6,9-11H2,1-4H3,(H,20,24)(H,21,23);1H/t15-;/m1./s1. The largest absolute Gasteiger partial charge is 0.346 e. The Bertz CT molecular complexity index is 598. The van der Waals surface area contributed by atoms with Crippen molar-refractivity contribution in [1.82, 2.24) is 15.5 Å². The summed E-state index contributed by atoms with van der Waals surface area (Å²) in [6.07, 6.45) is 0. The molecule has 0 saturated carbocycles. The molecule has 1 aliphatic rings. The first-order chi connectivity index (χ1) is 11.4. The van der Waals surface area contributed by atoms with E-state index in [1.165, 1.54) is 5.56 Å². The van der Waals surface area contributed by atoms with E-state index in [1.54, 1.807) is 0 Å². The molecule has 2 rings (SSSR count). The molecule has 0 spiro atoms. The Morgan fingerprint density at radius 3 is 2.44 bits per heavy atom. The average Bonchev–Trinajstić information content (AvgIpc) is 2.51. The summed E-state index contributed by atoms with van der Waals surface area (Å²) in [5.74, 6) is -0.317. The Morgan fingerprint density at radius 1 is 1.20 bits per heavy atom. The molecule has 1 heterocycles. The molecule has 1 aromatic carbocycles. The second-order valence-electron chi connectivity index (χ2n) is 6.62. The Balaban J connectivity index is 0.00000312. The lowest BCUT2D eigenvalue weighted by atomic mass is 10.1. The van der Waals surface area contributed by atoms with Crippen LogP contribution in [0.3, 0.4) is 0 Å². The number of nitrogens with one attached hydrogen (secondary N) is 3. The van der Waals surface area contributed by atoms with Gasteiger partial charge in [0.2, 0.25) is 11.8 Å². The fourth-order valence-corrected chi connectivity index (χ4v) is 3.10. The third-order valence-corrected chi connectivity index (χ3v) is 4.37. The molecule has 140 valence electrons. The Hall–Kier alpha value is -1.63. The molecule has 1 saturated heterocycles. The van der Waals surface area contributed by atoms with Gasteiger partial charge in [0.25, 0.3) is 0 Å². The number of carbonyl (C=O) groups excluding carboxylic acids is 2. The predicted octanol–water partition coefficient (Wildman–Crippen LogP) is 1.38. The van der Waals surface area contributed by atoms with Gasteiger partial charge in [-0.3, -0.25) is 14.5 Å². The summed E-state index contributed by atoms with van der Waals surface area (Å²) < 4.78 is 0. The molecule has 0 aromatic heterocycles. The van der Waals surface area contributed by atoms with Crippen LogP contribution in [0.25, 0.3) is 0 Å². The number of halogens is 1. The van der Waals surface area contributed by atoms with Crippen molar-refractivity contribution >= 4 is 29.9 Å². The minimum absolute atomic E-state index is 0. The normalized spacial score (nSPS) is 17.5. The maximum atomic E-state index is 12.1. The first kappa shape index (κ1) is 21.4. The fourth-order valence-electron chi connectivity index (χ4n) is 3.10. The molecule has 0 bridgehead atoms. The molecule has 2 amide bonds. The average molecular weight is 369 g/mol. The van der Waals surface area contributed by atoms with Gasteiger partial charge in [-0.15, -0.1) is 12.4 Å². The van der Waals surface area contributed by atoms with Crippen molar-refractivity contribution in [1.29, 1.82) is 0 Å². The van der Waals surface area contributed by atoms with Crippen molar-refractivity contribution in [2.24, 2.45) is 0 Å². The molecule has 1 fully saturated rings. The van der Waals surface area contributed by atoms with Crippen molar-refractivity contribution in [3.63, 3.8) is 0 Å². The number of nitrogens with zero attached hydrogens (tertiary/aromatic N) is 1. The van der Waals surface area contributed by atoms with Crippen LogP contribution in [0.2, 0.25) is 0 Å². The molecule has 1 atom stereocenters. The molecular formula is C18H29ClN4O2. The quantitative estimate of drug-likeness (QED) is 0.734. The molecule has 0 radical (unpaired) electrons. The van der Waals surface area contributed by atoms with Crippen molar-refractivity contribution in [2.75, 3.05) is 38.0 Å². The maximum Gasteiger partial charge on any atom is 0.243 e. The van der Waals surface area contributed by atoms with Gasteiger partial charge in [-0.1, -0.05) is 17.7 Å². The summed E-state index contributed by atoms with van der Waals surface area (Å²) in [4.78, 5) is 26.3. The number of piperazine rings is 1. The Morgan fingerprint density at radius 2 is 1.84 bits per heavy atom. The number of amides is 2. The molecule has 1 aromatic rings. The van der Waals surface area contributed by atoms with Gasteiger partial charge in [-0.25, -0.2) is 0 Å². The highest BCUT2D eigenvalue weighted by molar-refractivity contribution is 5.96. The zero-order valence-electron chi connectivity index (χ0n) is 15.4. The van der Waals surface area contributed by atoms with E-state index in [0.717, 1.165) is 36.4 Å². The van der Waals surface area contributed by atoms with Crippen molar-refractivity contribution in [3.05, 3.63) is 28.8 Å². The molecular weight excluding hydrogens is 340 g/mol. The highest BCUT2D eigenvalue weighted by Crippen LogP contribution is 2.21. The number of benzene rings is 1. The van der Waals surface area contributed by atoms with Gasteiger partial charge < -0.3 is 16.0 Å². The van der Waals surface area contributed by atoms with Crippen LogP contribution in [0.15, 0.2) is 12.1 Å². The SMILES string of the molecule is Cc1cc(C)c(NC(=O)CNC(=O)CN2CCNC[C@H]2C)c(C)c1.Cl. The molecule has 7 heteroatoms. The zero-order valence-corrected chi connectivity index (χ0v) is 16.3. The summed E-state index contributed by atoms with van der Waals surface area (Å²) in [5, 5.41) is 8.90. The van der Waals surface area contributed by atoms with Crippen LogP contribution in [-0.2, 0) is 9.59 Å². The summed E-state index contributed by atoms with van der Waals surface area (Å²) in [7, 11) is 0. The maximum absolute atomic E-state index is 12.1. The Labute approximate surface area is 156 Å². The third-order valence-electron chi connectivity index (χ3n) is 4.37. The molecule has 1 aliphatic heterocycles. The minimum Gasteiger partial charge on any atom is -0.346 e. The summed E-state index contributed by atoms with van der Waals surface area (Å²) in [6, 6.07) is 4.40. The highest BCUT2D eigenvalue weighted by Gasteiger charge is 2.20. The van der Waals surface area contributed by atoms with E-state index < -0.39 is 0 Å². The molecule has 0 unspecified atom stereocenters. The van der Waals surface area contributed by atoms with Gasteiger partial charge in [0.05, 0.1) is 13.1 Å². The van der Waals surface area contributed by atoms with E-state index in [1.807, 2.05) is 32.9 Å². The lowest BCUT2D eigenvalue weighted by Gasteiger charge is -2.33. The van der Waals surface area contributed by atoms with Crippen LogP contribution in [0, 0.1) is 20.8 Å². The first-order valence-corrected chi connectivity index (χ1v) is 8.46. The smallest absolute Gasteiger partial charge is 0.243 e. The predicted molar refractivity (Wildman–Crippen MR) is 103 cm³/mol. The van der Waals surface area contributed by atoms with Crippen molar-refractivity contribution in [2.45, 2.75) is 33.7 Å². The lowest BCUT2D eigenvalue weighted by Crippen LogP contribution is -2.53. The number of carbonyl (C=O) groups is 2. The molecule has 0 aliphatic carbocycles. The second-order valence-corrected chi connectivity index (χ2v) is 6.62. The van der Waals surface area contributed by atoms with Crippen LogP contribution in [0.1, 0.15) is 23.6 Å². The first-order valence-electron chi connectivity index (χ1n) is 8.46. The van der Waals surface area contributed by atoms with Gasteiger partial charge >= 0.3 is 0 Å². The van der Waals surface area contributed by atoms with Crippen LogP contribution >= 0.6 is 12.4 Å². The van der Waals surface area contributed by atoms with Crippen molar-refractivity contribution in [3.8, 4) is 0 Å². The number of anilines is 1. The van der Waals surface area contributed by atoms with E-state index in [-0.39, 0.29) is 30.8 Å². The minimum atomic E-state index is -0.202. The Kier molecular flexibility index (Phi) is 8.35. The van der Waals surface area contributed by atoms with Crippen LogP contribution < -0.4 is 16.0 Å². The van der Waals surface area contributed by atoms with Crippen molar-refractivity contribution < 1.29 is 9.59 Å². The highest BCUT2D eigenvalue weighted by atomic mass is 35.5. The van der Waals surface area contributed by atoms with Gasteiger partial charge in [0.1, 0.15) is 0 Å². The molecule has 6 nitrogen and oxygen atoms in total. The van der Waals surface area contributed by atoms with E-state index in [9.17, 15) is 9.59 Å². The fraction of sp³-hybridized carbons (Fsp3) is 0.556.